The summed E-state index contributed by atoms with van der Waals surface area (Å²) in [6.45, 7) is 0. The molecule has 184 valence electrons. The predicted octanol–water partition coefficient (Wildman–Crippen LogP) is 8.16. The summed E-state index contributed by atoms with van der Waals surface area (Å²) in [6, 6.07) is 14.6. The maximum Gasteiger partial charge on any atom is 0.176 e. The number of rotatable bonds is 7. The fourth-order valence-electron chi connectivity index (χ4n) is 5.42. The summed E-state index contributed by atoms with van der Waals surface area (Å²) in [4.78, 5) is 0. The second-order valence-corrected chi connectivity index (χ2v) is 9.63. The van der Waals surface area contributed by atoms with Crippen molar-refractivity contribution >= 4 is 11.4 Å². The normalized spacial score (nSPS) is 16.6. The maximum atomic E-state index is 15.6. The van der Waals surface area contributed by atoms with E-state index in [4.69, 9.17) is 4.74 Å². The van der Waals surface area contributed by atoms with E-state index in [1.165, 1.54) is 32.8 Å². The Labute approximate surface area is 204 Å². The molecule has 0 atom stereocenters. The van der Waals surface area contributed by atoms with E-state index >= 15 is 13.2 Å². The van der Waals surface area contributed by atoms with Crippen LogP contribution < -0.4 is 15.4 Å². The van der Waals surface area contributed by atoms with E-state index in [1.807, 2.05) is 12.1 Å². The number of hydrogen-bond acceptors (Lipinski definition) is 3. The van der Waals surface area contributed by atoms with Crippen LogP contribution in [-0.2, 0) is 0 Å². The van der Waals surface area contributed by atoms with E-state index in [0.29, 0.717) is 17.6 Å². The molecule has 0 radical (unpaired) electrons. The molecule has 3 aromatic rings. The predicted molar refractivity (Wildman–Crippen MR) is 135 cm³/mol. The topological polar surface area (TPSA) is 33.3 Å². The van der Waals surface area contributed by atoms with Gasteiger partial charge in [-0.3, -0.25) is 0 Å². The zero-order valence-corrected chi connectivity index (χ0v) is 20.0. The van der Waals surface area contributed by atoms with Gasteiger partial charge in [-0.1, -0.05) is 49.9 Å². The average Bonchev–Trinajstić information content (AvgIpc) is 3.58. The van der Waals surface area contributed by atoms with Crippen LogP contribution in [0.3, 0.4) is 0 Å². The van der Waals surface area contributed by atoms with Crippen molar-refractivity contribution in [1.29, 1.82) is 0 Å². The molecule has 0 unspecified atom stereocenters. The minimum absolute atomic E-state index is 0.210. The Kier molecular flexibility index (Phi) is 6.89. The lowest BCUT2D eigenvalue weighted by Gasteiger charge is -2.18. The van der Waals surface area contributed by atoms with Gasteiger partial charge in [-0.25, -0.2) is 13.2 Å². The minimum Gasteiger partial charge on any atom is -0.493 e. The lowest BCUT2D eigenvalue weighted by Crippen LogP contribution is -2.14. The quantitative estimate of drug-likeness (QED) is 0.335. The van der Waals surface area contributed by atoms with Crippen LogP contribution in [0.2, 0.25) is 0 Å². The van der Waals surface area contributed by atoms with Crippen LogP contribution >= 0.6 is 0 Å². The maximum absolute atomic E-state index is 15.6. The molecular weight excluding hydrogens is 449 g/mol. The Morgan fingerprint density at radius 2 is 1.00 bits per heavy atom. The zero-order valence-electron chi connectivity index (χ0n) is 20.0. The fraction of sp³-hybridized carbons (Fsp3) is 0.379. The molecule has 0 bridgehead atoms. The van der Waals surface area contributed by atoms with Gasteiger partial charge < -0.3 is 15.4 Å². The van der Waals surface area contributed by atoms with Crippen LogP contribution in [0, 0.1) is 17.5 Å². The van der Waals surface area contributed by atoms with E-state index in [9.17, 15) is 0 Å². The van der Waals surface area contributed by atoms with Gasteiger partial charge in [-0.05, 0) is 61.1 Å². The molecule has 0 spiro atoms. The molecule has 0 aliphatic heterocycles. The lowest BCUT2D eigenvalue weighted by atomic mass is 9.96. The standard InChI is InChI=1S/C29H31F3N2O/c1-35-29-25(19-12-16-23(17-13-19)34-21-8-4-5-9-21)27(31)26(30)24(28(29)32)18-10-14-22(15-11-18)33-20-6-2-3-7-20/h10-17,20-21,33-34H,2-9H2,1H3. The summed E-state index contributed by atoms with van der Waals surface area (Å²) in [7, 11) is 1.27. The molecular formula is C29H31F3N2O. The van der Waals surface area contributed by atoms with Gasteiger partial charge in [0.1, 0.15) is 0 Å². The van der Waals surface area contributed by atoms with Crippen LogP contribution in [0.1, 0.15) is 51.4 Å². The Morgan fingerprint density at radius 3 is 1.43 bits per heavy atom. The van der Waals surface area contributed by atoms with Gasteiger partial charge in [0.15, 0.2) is 23.2 Å². The molecule has 2 N–H and O–H groups in total. The highest BCUT2D eigenvalue weighted by atomic mass is 19.2. The zero-order chi connectivity index (χ0) is 24.4. The first-order valence-electron chi connectivity index (χ1n) is 12.5. The summed E-state index contributed by atoms with van der Waals surface area (Å²) in [5, 5.41) is 6.91. The van der Waals surface area contributed by atoms with Gasteiger partial charge in [0.05, 0.1) is 18.2 Å². The first kappa shape index (κ1) is 23.6. The van der Waals surface area contributed by atoms with Crippen LogP contribution in [0.15, 0.2) is 48.5 Å². The summed E-state index contributed by atoms with van der Waals surface area (Å²) >= 11 is 0. The summed E-state index contributed by atoms with van der Waals surface area (Å²) in [6.07, 6.45) is 9.32. The third-order valence-corrected chi connectivity index (χ3v) is 7.28. The first-order valence-corrected chi connectivity index (χ1v) is 12.5. The third-order valence-electron chi connectivity index (χ3n) is 7.28. The molecule has 0 heterocycles. The number of ether oxygens (including phenoxy) is 1. The van der Waals surface area contributed by atoms with Crippen molar-refractivity contribution in [2.45, 2.75) is 63.5 Å². The molecule has 6 heteroatoms. The number of benzene rings is 3. The van der Waals surface area contributed by atoms with E-state index in [-0.39, 0.29) is 16.9 Å². The molecule has 2 fully saturated rings. The minimum atomic E-state index is -1.22. The van der Waals surface area contributed by atoms with Crippen molar-refractivity contribution in [3.8, 4) is 28.0 Å². The molecule has 35 heavy (non-hydrogen) atoms. The number of hydrogen-bond donors (Lipinski definition) is 2. The molecule has 0 amide bonds. The van der Waals surface area contributed by atoms with Gasteiger partial charge in [-0.2, -0.15) is 0 Å². The molecule has 0 saturated heterocycles. The highest BCUT2D eigenvalue weighted by Crippen LogP contribution is 2.42. The van der Waals surface area contributed by atoms with Crippen molar-refractivity contribution in [3.63, 3.8) is 0 Å². The van der Waals surface area contributed by atoms with E-state index in [2.05, 4.69) is 10.6 Å². The van der Waals surface area contributed by atoms with Crippen LogP contribution in [-0.4, -0.2) is 19.2 Å². The van der Waals surface area contributed by atoms with Crippen molar-refractivity contribution < 1.29 is 17.9 Å². The highest BCUT2D eigenvalue weighted by Gasteiger charge is 2.28. The number of nitrogens with one attached hydrogen (secondary N) is 2. The lowest BCUT2D eigenvalue weighted by molar-refractivity contribution is 0.380. The Morgan fingerprint density at radius 1 is 0.600 bits per heavy atom. The van der Waals surface area contributed by atoms with E-state index in [0.717, 1.165) is 37.1 Å². The Hall–Kier alpha value is -3.15. The van der Waals surface area contributed by atoms with Crippen LogP contribution in [0.25, 0.3) is 22.3 Å². The summed E-state index contributed by atoms with van der Waals surface area (Å²) in [5.41, 5.74) is 1.78. The Balaban J connectivity index is 1.45. The van der Waals surface area contributed by atoms with Gasteiger partial charge in [0.2, 0.25) is 0 Å². The van der Waals surface area contributed by atoms with Crippen molar-refractivity contribution in [3.05, 3.63) is 66.0 Å². The molecule has 5 rings (SSSR count). The second-order valence-electron chi connectivity index (χ2n) is 9.63. The summed E-state index contributed by atoms with van der Waals surface area (Å²) < 4.78 is 51.5. The first-order chi connectivity index (χ1) is 17.0. The van der Waals surface area contributed by atoms with Crippen LogP contribution in [0.4, 0.5) is 24.5 Å². The van der Waals surface area contributed by atoms with Gasteiger partial charge >= 0.3 is 0 Å². The molecule has 0 aromatic heterocycles. The van der Waals surface area contributed by atoms with Crippen molar-refractivity contribution in [1.82, 2.24) is 0 Å². The van der Waals surface area contributed by atoms with E-state index < -0.39 is 23.0 Å². The molecule has 2 aliphatic carbocycles. The number of methoxy groups -OCH3 is 1. The van der Waals surface area contributed by atoms with Crippen LogP contribution in [0.5, 0.6) is 5.75 Å². The average molecular weight is 481 g/mol. The molecule has 3 aromatic carbocycles. The SMILES string of the molecule is COc1c(F)c(-c2ccc(NC3CCCC3)cc2)c(F)c(F)c1-c1ccc(NC2CCCC2)cc1. The second kappa shape index (κ2) is 10.2. The third kappa shape index (κ3) is 4.84. The van der Waals surface area contributed by atoms with Crippen molar-refractivity contribution in [2.24, 2.45) is 0 Å². The highest BCUT2D eigenvalue weighted by molar-refractivity contribution is 5.79. The number of anilines is 2. The fourth-order valence-corrected chi connectivity index (χ4v) is 5.42. The largest absolute Gasteiger partial charge is 0.493 e. The van der Waals surface area contributed by atoms with Gasteiger partial charge in [-0.15, -0.1) is 0 Å². The molecule has 2 saturated carbocycles. The monoisotopic (exact) mass is 480 g/mol. The smallest absolute Gasteiger partial charge is 0.176 e. The Bertz CT molecular complexity index is 1170. The van der Waals surface area contributed by atoms with Gasteiger partial charge in [0, 0.05) is 23.5 Å². The summed E-state index contributed by atoms with van der Waals surface area (Å²) in [5.74, 6) is -3.56. The van der Waals surface area contributed by atoms with E-state index in [1.54, 1.807) is 36.4 Å². The van der Waals surface area contributed by atoms with Gasteiger partial charge in [0.25, 0.3) is 0 Å². The number of halogens is 3. The molecule has 2 aliphatic rings. The van der Waals surface area contributed by atoms with Crippen molar-refractivity contribution in [2.75, 3.05) is 17.7 Å². The molecule has 3 nitrogen and oxygen atoms in total.